The predicted molar refractivity (Wildman–Crippen MR) is 75.5 cm³/mol. The van der Waals surface area contributed by atoms with E-state index in [4.69, 9.17) is 5.73 Å². The first kappa shape index (κ1) is 12.5. The average Bonchev–Trinajstić information content (AvgIpc) is 2.64. The molecule has 2 rings (SSSR count). The van der Waals surface area contributed by atoms with Gasteiger partial charge in [-0.25, -0.2) is 0 Å². The number of aryl methyl sites for hydroxylation is 2. The van der Waals surface area contributed by atoms with Crippen LogP contribution < -0.4 is 10.6 Å². The number of nitrogens with two attached hydrogens (primary N) is 1. The Hall–Kier alpha value is -1.97. The molecule has 0 amide bonds. The summed E-state index contributed by atoms with van der Waals surface area (Å²) in [6.45, 7) is 5.94. The lowest BCUT2D eigenvalue weighted by atomic mass is 10.2. The number of nitrogen functional groups attached to an aromatic ring is 1. The highest BCUT2D eigenvalue weighted by Crippen LogP contribution is 2.19. The van der Waals surface area contributed by atoms with Crippen LogP contribution in [0, 0.1) is 6.92 Å². The van der Waals surface area contributed by atoms with Crippen LogP contribution >= 0.6 is 0 Å². The molecule has 1 aromatic carbocycles. The molecule has 0 atom stereocenters. The zero-order chi connectivity index (χ0) is 13.1. The summed E-state index contributed by atoms with van der Waals surface area (Å²) in [5.74, 6) is 0. The highest BCUT2D eigenvalue weighted by atomic mass is 15.3. The van der Waals surface area contributed by atoms with Crippen molar-refractivity contribution in [1.82, 2.24) is 9.78 Å². The normalized spacial score (nSPS) is 10.6. The van der Waals surface area contributed by atoms with Crippen LogP contribution in [0.2, 0.25) is 0 Å². The van der Waals surface area contributed by atoms with Crippen LogP contribution in [0.1, 0.15) is 18.3 Å². The van der Waals surface area contributed by atoms with E-state index >= 15 is 0 Å². The topological polar surface area (TPSA) is 47.1 Å². The largest absolute Gasteiger partial charge is 0.399 e. The Labute approximate surface area is 108 Å². The Morgan fingerprint density at radius 1 is 1.33 bits per heavy atom. The van der Waals surface area contributed by atoms with Crippen molar-refractivity contribution in [3.05, 3.63) is 41.7 Å². The van der Waals surface area contributed by atoms with E-state index in [0.717, 1.165) is 30.2 Å². The quantitative estimate of drug-likeness (QED) is 0.840. The highest BCUT2D eigenvalue weighted by molar-refractivity contribution is 5.55. The lowest BCUT2D eigenvalue weighted by molar-refractivity contribution is 0.682. The number of nitrogens with zero attached hydrogens (tertiary/aromatic N) is 3. The SMILES string of the molecule is CCN(Cc1cc(C)nn1C)c1cccc(N)c1. The number of anilines is 2. The van der Waals surface area contributed by atoms with Gasteiger partial charge in [0, 0.05) is 25.0 Å². The number of rotatable bonds is 4. The molecule has 0 aliphatic carbocycles. The van der Waals surface area contributed by atoms with Crippen molar-refractivity contribution >= 4 is 11.4 Å². The van der Waals surface area contributed by atoms with Crippen molar-refractivity contribution < 1.29 is 0 Å². The minimum Gasteiger partial charge on any atom is -0.399 e. The summed E-state index contributed by atoms with van der Waals surface area (Å²) in [7, 11) is 1.98. The summed E-state index contributed by atoms with van der Waals surface area (Å²) in [4.78, 5) is 2.28. The summed E-state index contributed by atoms with van der Waals surface area (Å²) in [6, 6.07) is 10.1. The first-order valence-corrected chi connectivity index (χ1v) is 6.20. The maximum absolute atomic E-state index is 5.83. The maximum atomic E-state index is 5.83. The molecule has 0 bridgehead atoms. The Morgan fingerprint density at radius 2 is 2.11 bits per heavy atom. The molecule has 0 unspecified atom stereocenters. The first-order valence-electron chi connectivity index (χ1n) is 6.20. The lowest BCUT2D eigenvalue weighted by Gasteiger charge is -2.23. The number of benzene rings is 1. The Kier molecular flexibility index (Phi) is 3.55. The molecule has 96 valence electrons. The van der Waals surface area contributed by atoms with Crippen molar-refractivity contribution in [2.45, 2.75) is 20.4 Å². The minimum atomic E-state index is 0.798. The van der Waals surface area contributed by atoms with Gasteiger partial charge in [0.25, 0.3) is 0 Å². The van der Waals surface area contributed by atoms with E-state index in [1.54, 1.807) is 0 Å². The van der Waals surface area contributed by atoms with Crippen molar-refractivity contribution in [3.63, 3.8) is 0 Å². The van der Waals surface area contributed by atoms with Gasteiger partial charge in [-0.15, -0.1) is 0 Å². The molecule has 2 N–H and O–H groups in total. The van der Waals surface area contributed by atoms with Crippen LogP contribution in [-0.4, -0.2) is 16.3 Å². The van der Waals surface area contributed by atoms with Gasteiger partial charge in [-0.1, -0.05) is 6.07 Å². The van der Waals surface area contributed by atoms with Crippen LogP contribution in [0.25, 0.3) is 0 Å². The van der Waals surface area contributed by atoms with Crippen LogP contribution in [0.3, 0.4) is 0 Å². The molecule has 4 heteroatoms. The van der Waals surface area contributed by atoms with Gasteiger partial charge >= 0.3 is 0 Å². The van der Waals surface area contributed by atoms with Crippen LogP contribution in [-0.2, 0) is 13.6 Å². The summed E-state index contributed by atoms with van der Waals surface area (Å²) in [5.41, 5.74) is 10.0. The van der Waals surface area contributed by atoms with E-state index in [-0.39, 0.29) is 0 Å². The van der Waals surface area contributed by atoms with Gasteiger partial charge in [0.15, 0.2) is 0 Å². The average molecular weight is 244 g/mol. The zero-order valence-electron chi connectivity index (χ0n) is 11.2. The third kappa shape index (κ3) is 2.64. The minimum absolute atomic E-state index is 0.798. The van der Waals surface area contributed by atoms with Crippen LogP contribution in [0.5, 0.6) is 0 Å². The maximum Gasteiger partial charge on any atom is 0.0598 e. The molecule has 0 radical (unpaired) electrons. The van der Waals surface area contributed by atoms with E-state index < -0.39 is 0 Å². The molecule has 0 spiro atoms. The number of hydrogen-bond acceptors (Lipinski definition) is 3. The van der Waals surface area contributed by atoms with Gasteiger partial charge in [0.05, 0.1) is 17.9 Å². The monoisotopic (exact) mass is 244 g/mol. The van der Waals surface area contributed by atoms with E-state index in [9.17, 15) is 0 Å². The summed E-state index contributed by atoms with van der Waals surface area (Å²) < 4.78 is 1.93. The van der Waals surface area contributed by atoms with E-state index in [2.05, 4.69) is 29.1 Å². The fourth-order valence-electron chi connectivity index (χ4n) is 2.11. The molecule has 1 aromatic heterocycles. The van der Waals surface area contributed by atoms with Crippen LogP contribution in [0.4, 0.5) is 11.4 Å². The van der Waals surface area contributed by atoms with E-state index in [1.807, 2.05) is 36.9 Å². The van der Waals surface area contributed by atoms with Gasteiger partial charge in [0.1, 0.15) is 0 Å². The number of aromatic nitrogens is 2. The smallest absolute Gasteiger partial charge is 0.0598 e. The molecule has 0 saturated carbocycles. The van der Waals surface area contributed by atoms with Crippen molar-refractivity contribution in [3.8, 4) is 0 Å². The van der Waals surface area contributed by atoms with E-state index in [1.165, 1.54) is 5.69 Å². The second kappa shape index (κ2) is 5.12. The van der Waals surface area contributed by atoms with Crippen LogP contribution in [0.15, 0.2) is 30.3 Å². The Morgan fingerprint density at radius 3 is 2.67 bits per heavy atom. The molecule has 18 heavy (non-hydrogen) atoms. The van der Waals surface area contributed by atoms with Gasteiger partial charge in [-0.3, -0.25) is 4.68 Å². The first-order chi connectivity index (χ1) is 8.60. The fourth-order valence-corrected chi connectivity index (χ4v) is 2.11. The summed E-state index contributed by atoms with van der Waals surface area (Å²) in [6.07, 6.45) is 0. The lowest BCUT2D eigenvalue weighted by Crippen LogP contribution is -2.23. The Bertz CT molecular complexity index is 530. The molecule has 0 fully saturated rings. The standard InChI is InChI=1S/C14H20N4/c1-4-18(13-7-5-6-12(15)9-13)10-14-8-11(2)16-17(14)3/h5-9H,4,10,15H2,1-3H3. The van der Waals surface area contributed by atoms with Crippen molar-refractivity contribution in [2.24, 2.45) is 7.05 Å². The molecule has 1 heterocycles. The predicted octanol–water partition coefficient (Wildman–Crippen LogP) is 2.34. The molecule has 0 aliphatic rings. The van der Waals surface area contributed by atoms with Crippen molar-refractivity contribution in [1.29, 1.82) is 0 Å². The molecule has 4 nitrogen and oxygen atoms in total. The van der Waals surface area contributed by atoms with Crippen molar-refractivity contribution in [2.75, 3.05) is 17.2 Å². The molecule has 2 aromatic rings. The Balaban J connectivity index is 2.22. The molecule has 0 saturated heterocycles. The van der Waals surface area contributed by atoms with Gasteiger partial charge < -0.3 is 10.6 Å². The number of hydrogen-bond donors (Lipinski definition) is 1. The zero-order valence-corrected chi connectivity index (χ0v) is 11.2. The summed E-state index contributed by atoms with van der Waals surface area (Å²) in [5, 5.41) is 4.37. The molecular formula is C14H20N4. The molecule has 0 aliphatic heterocycles. The second-order valence-electron chi connectivity index (χ2n) is 4.51. The van der Waals surface area contributed by atoms with Gasteiger partial charge in [0.2, 0.25) is 0 Å². The van der Waals surface area contributed by atoms with E-state index in [0.29, 0.717) is 0 Å². The van der Waals surface area contributed by atoms with Gasteiger partial charge in [-0.2, -0.15) is 5.10 Å². The fraction of sp³-hybridized carbons (Fsp3) is 0.357. The summed E-state index contributed by atoms with van der Waals surface area (Å²) >= 11 is 0. The third-order valence-electron chi connectivity index (χ3n) is 3.07. The third-order valence-corrected chi connectivity index (χ3v) is 3.07. The second-order valence-corrected chi connectivity index (χ2v) is 4.51. The molecular weight excluding hydrogens is 224 g/mol. The van der Waals surface area contributed by atoms with Gasteiger partial charge in [-0.05, 0) is 38.1 Å². The highest BCUT2D eigenvalue weighted by Gasteiger charge is 2.09.